The van der Waals surface area contributed by atoms with E-state index in [1.54, 1.807) is 0 Å². The first-order valence-electron chi connectivity index (χ1n) is 6.65. The molecule has 1 aliphatic heterocycles. The Morgan fingerprint density at radius 2 is 1.53 bits per heavy atom. The molecule has 0 fully saturated rings. The molecule has 1 atom stereocenters. The molecule has 2 aromatic carbocycles. The van der Waals surface area contributed by atoms with Crippen LogP contribution in [0.2, 0.25) is 0 Å². The molecule has 0 amide bonds. The van der Waals surface area contributed by atoms with Crippen molar-refractivity contribution < 1.29 is 0 Å². The van der Waals surface area contributed by atoms with Crippen molar-refractivity contribution in [1.29, 1.82) is 0 Å². The molecule has 0 bridgehead atoms. The standard InChI is InChI=1S/C18H15N/c1-18(14-8-3-2-4-9-14)15-10-5-6-11-16(15)19-13-7-12-17(18)19/h2-13H,1H3. The van der Waals surface area contributed by atoms with Crippen LogP contribution in [0, 0.1) is 0 Å². The Hall–Kier alpha value is -2.28. The normalized spacial score (nSPS) is 20.1. The molecule has 0 spiro atoms. The molecule has 1 nitrogen and oxygen atoms in total. The molecule has 1 heteroatoms. The van der Waals surface area contributed by atoms with Crippen LogP contribution >= 0.6 is 0 Å². The van der Waals surface area contributed by atoms with Crippen molar-refractivity contribution in [1.82, 2.24) is 4.57 Å². The van der Waals surface area contributed by atoms with E-state index in [0.717, 1.165) is 0 Å². The third kappa shape index (κ3) is 1.25. The first-order valence-corrected chi connectivity index (χ1v) is 6.65. The zero-order chi connectivity index (χ0) is 12.9. The Kier molecular flexibility index (Phi) is 2.02. The fourth-order valence-corrected chi connectivity index (χ4v) is 3.32. The second-order valence-electron chi connectivity index (χ2n) is 5.27. The summed E-state index contributed by atoms with van der Waals surface area (Å²) in [5, 5.41) is 0. The molecule has 1 aromatic heterocycles. The van der Waals surface area contributed by atoms with E-state index >= 15 is 0 Å². The predicted octanol–water partition coefficient (Wildman–Crippen LogP) is 4.15. The number of hydrogen-bond donors (Lipinski definition) is 0. The molecule has 19 heavy (non-hydrogen) atoms. The van der Waals surface area contributed by atoms with Crippen molar-refractivity contribution in [2.45, 2.75) is 12.3 Å². The summed E-state index contributed by atoms with van der Waals surface area (Å²) in [7, 11) is 0. The lowest BCUT2D eigenvalue weighted by Gasteiger charge is -2.26. The van der Waals surface area contributed by atoms with Gasteiger partial charge < -0.3 is 4.57 Å². The van der Waals surface area contributed by atoms with Crippen molar-refractivity contribution in [3.05, 3.63) is 89.7 Å². The summed E-state index contributed by atoms with van der Waals surface area (Å²) in [6.07, 6.45) is 2.16. The van der Waals surface area contributed by atoms with Crippen LogP contribution in [-0.2, 0) is 5.41 Å². The summed E-state index contributed by atoms with van der Waals surface area (Å²) in [4.78, 5) is 0. The van der Waals surface area contributed by atoms with Crippen LogP contribution in [0.25, 0.3) is 5.69 Å². The summed E-state index contributed by atoms with van der Waals surface area (Å²) < 4.78 is 2.31. The van der Waals surface area contributed by atoms with Crippen LogP contribution in [0.1, 0.15) is 23.7 Å². The van der Waals surface area contributed by atoms with Gasteiger partial charge in [-0.2, -0.15) is 0 Å². The third-order valence-electron chi connectivity index (χ3n) is 4.31. The van der Waals surface area contributed by atoms with Gasteiger partial charge >= 0.3 is 0 Å². The minimum absolute atomic E-state index is 0.0542. The van der Waals surface area contributed by atoms with Gasteiger partial charge in [0.15, 0.2) is 0 Å². The van der Waals surface area contributed by atoms with Gasteiger partial charge in [0.2, 0.25) is 0 Å². The van der Waals surface area contributed by atoms with Crippen molar-refractivity contribution in [3.8, 4) is 5.69 Å². The first kappa shape index (κ1) is 10.6. The highest BCUT2D eigenvalue weighted by molar-refractivity contribution is 5.62. The number of benzene rings is 2. The van der Waals surface area contributed by atoms with Crippen molar-refractivity contribution in [2.24, 2.45) is 0 Å². The summed E-state index contributed by atoms with van der Waals surface area (Å²) in [5.74, 6) is 0. The zero-order valence-electron chi connectivity index (χ0n) is 10.9. The molecule has 3 aromatic rings. The largest absolute Gasteiger partial charge is 0.319 e. The quantitative estimate of drug-likeness (QED) is 0.607. The molecule has 0 saturated heterocycles. The van der Waals surface area contributed by atoms with Gasteiger partial charge in [-0.1, -0.05) is 48.5 Å². The summed E-state index contributed by atoms with van der Waals surface area (Å²) in [6.45, 7) is 2.32. The molecule has 1 unspecified atom stereocenters. The Bertz CT molecular complexity index is 739. The van der Waals surface area contributed by atoms with E-state index in [9.17, 15) is 0 Å². The van der Waals surface area contributed by atoms with Gasteiger partial charge in [0.1, 0.15) is 0 Å². The van der Waals surface area contributed by atoms with E-state index in [2.05, 4.69) is 84.4 Å². The number of hydrogen-bond acceptors (Lipinski definition) is 0. The number of aromatic nitrogens is 1. The topological polar surface area (TPSA) is 4.93 Å². The van der Waals surface area contributed by atoms with Crippen LogP contribution in [0.15, 0.2) is 72.9 Å². The van der Waals surface area contributed by atoms with E-state index in [4.69, 9.17) is 0 Å². The van der Waals surface area contributed by atoms with Gasteiger partial charge in [-0.25, -0.2) is 0 Å². The van der Waals surface area contributed by atoms with Crippen LogP contribution < -0.4 is 0 Å². The highest BCUT2D eigenvalue weighted by Gasteiger charge is 2.40. The highest BCUT2D eigenvalue weighted by atomic mass is 15.0. The maximum absolute atomic E-state index is 2.32. The maximum atomic E-state index is 2.32. The summed E-state index contributed by atoms with van der Waals surface area (Å²) >= 11 is 0. The van der Waals surface area contributed by atoms with Gasteiger partial charge in [0.25, 0.3) is 0 Å². The summed E-state index contributed by atoms with van der Waals surface area (Å²) in [6, 6.07) is 23.8. The SMILES string of the molecule is CC1(c2ccccc2)c2ccccc2-n2cccc21. The lowest BCUT2D eigenvalue weighted by molar-refractivity contribution is 0.694. The second kappa shape index (κ2) is 3.61. The van der Waals surface area contributed by atoms with Crippen LogP contribution in [0.4, 0.5) is 0 Å². The molecule has 0 N–H and O–H groups in total. The Labute approximate surface area is 113 Å². The van der Waals surface area contributed by atoms with Gasteiger partial charge in [-0.15, -0.1) is 0 Å². The Morgan fingerprint density at radius 1 is 0.789 bits per heavy atom. The molecule has 92 valence electrons. The second-order valence-corrected chi connectivity index (χ2v) is 5.27. The lowest BCUT2D eigenvalue weighted by atomic mass is 9.75. The maximum Gasteiger partial charge on any atom is 0.0599 e. The molecule has 2 heterocycles. The molecule has 1 aliphatic rings. The predicted molar refractivity (Wildman–Crippen MR) is 77.8 cm³/mol. The van der Waals surface area contributed by atoms with E-state index in [1.165, 1.54) is 22.5 Å². The van der Waals surface area contributed by atoms with E-state index in [1.807, 2.05) is 0 Å². The number of para-hydroxylation sites is 1. The number of nitrogens with zero attached hydrogens (tertiary/aromatic N) is 1. The van der Waals surface area contributed by atoms with Gasteiger partial charge in [-0.05, 0) is 36.2 Å². The third-order valence-corrected chi connectivity index (χ3v) is 4.31. The average Bonchev–Trinajstić information content (AvgIpc) is 3.04. The van der Waals surface area contributed by atoms with E-state index in [0.29, 0.717) is 0 Å². The van der Waals surface area contributed by atoms with Gasteiger partial charge in [-0.3, -0.25) is 0 Å². The minimum Gasteiger partial charge on any atom is -0.319 e. The lowest BCUT2D eigenvalue weighted by Crippen LogP contribution is -2.22. The Balaban J connectivity index is 2.09. The van der Waals surface area contributed by atoms with E-state index in [-0.39, 0.29) is 5.41 Å². The van der Waals surface area contributed by atoms with E-state index < -0.39 is 0 Å². The fourth-order valence-electron chi connectivity index (χ4n) is 3.32. The molecule has 4 rings (SSSR count). The van der Waals surface area contributed by atoms with Gasteiger partial charge in [0, 0.05) is 17.6 Å². The van der Waals surface area contributed by atoms with Crippen LogP contribution in [0.3, 0.4) is 0 Å². The fraction of sp³-hybridized carbons (Fsp3) is 0.111. The number of rotatable bonds is 1. The monoisotopic (exact) mass is 245 g/mol. The highest BCUT2D eigenvalue weighted by Crippen LogP contribution is 2.47. The molecule has 0 aliphatic carbocycles. The zero-order valence-corrected chi connectivity index (χ0v) is 10.9. The minimum atomic E-state index is -0.0542. The smallest absolute Gasteiger partial charge is 0.0599 e. The number of fused-ring (bicyclic) bond motifs is 3. The average molecular weight is 245 g/mol. The van der Waals surface area contributed by atoms with Crippen LogP contribution in [-0.4, -0.2) is 4.57 Å². The molecular formula is C18H15N. The first-order chi connectivity index (χ1) is 9.32. The van der Waals surface area contributed by atoms with Gasteiger partial charge in [0.05, 0.1) is 5.41 Å². The van der Waals surface area contributed by atoms with Crippen molar-refractivity contribution in [3.63, 3.8) is 0 Å². The Morgan fingerprint density at radius 3 is 2.37 bits per heavy atom. The van der Waals surface area contributed by atoms with Crippen LogP contribution in [0.5, 0.6) is 0 Å². The molecule has 0 saturated carbocycles. The van der Waals surface area contributed by atoms with Crippen molar-refractivity contribution in [2.75, 3.05) is 0 Å². The van der Waals surface area contributed by atoms with Crippen molar-refractivity contribution >= 4 is 0 Å². The summed E-state index contributed by atoms with van der Waals surface area (Å²) in [5.41, 5.74) is 5.33. The molecule has 0 radical (unpaired) electrons. The molecular weight excluding hydrogens is 230 g/mol.